The van der Waals surface area contributed by atoms with Crippen molar-refractivity contribution >= 4 is 35.1 Å². The molecule has 18 heavy (non-hydrogen) atoms. The van der Waals surface area contributed by atoms with Crippen LogP contribution in [0.1, 0.15) is 16.7 Å². The van der Waals surface area contributed by atoms with Gasteiger partial charge in [-0.1, -0.05) is 47.0 Å². The van der Waals surface area contributed by atoms with Crippen molar-refractivity contribution in [3.05, 3.63) is 63.1 Å². The SMILES string of the molecule is Cc1ccc(C=Nc2ccc(Cl)cc2Cl)c(C)c1. The average molecular weight is 278 g/mol. The molecule has 0 spiro atoms. The number of halogens is 2. The minimum Gasteiger partial charge on any atom is -0.255 e. The van der Waals surface area contributed by atoms with Gasteiger partial charge in [-0.3, -0.25) is 4.99 Å². The standard InChI is InChI=1S/C15H13Cl2N/c1-10-3-4-12(11(2)7-10)9-18-15-6-5-13(16)8-14(15)17/h3-9H,1-2H3. The second-order valence-electron chi connectivity index (χ2n) is 4.21. The van der Waals surface area contributed by atoms with Crippen molar-refractivity contribution in [3.63, 3.8) is 0 Å². The van der Waals surface area contributed by atoms with Gasteiger partial charge in [-0.05, 0) is 43.2 Å². The lowest BCUT2D eigenvalue weighted by Crippen LogP contribution is -1.87. The number of benzene rings is 2. The Morgan fingerprint density at radius 3 is 2.44 bits per heavy atom. The molecule has 0 saturated carbocycles. The fraction of sp³-hybridized carbons (Fsp3) is 0.133. The van der Waals surface area contributed by atoms with Gasteiger partial charge >= 0.3 is 0 Å². The molecule has 0 atom stereocenters. The highest BCUT2D eigenvalue weighted by Gasteiger charge is 1.99. The summed E-state index contributed by atoms with van der Waals surface area (Å²) in [6, 6.07) is 11.5. The van der Waals surface area contributed by atoms with Crippen molar-refractivity contribution in [3.8, 4) is 0 Å². The van der Waals surface area contributed by atoms with E-state index in [0.717, 1.165) is 11.3 Å². The maximum atomic E-state index is 6.06. The molecule has 1 nitrogen and oxygen atoms in total. The molecule has 0 amide bonds. The summed E-state index contributed by atoms with van der Waals surface area (Å²) in [6.07, 6.45) is 1.82. The molecule has 0 saturated heterocycles. The predicted molar refractivity (Wildman–Crippen MR) is 79.6 cm³/mol. The van der Waals surface area contributed by atoms with E-state index in [1.165, 1.54) is 11.1 Å². The van der Waals surface area contributed by atoms with Gasteiger partial charge in [-0.2, -0.15) is 0 Å². The Balaban J connectivity index is 2.30. The lowest BCUT2D eigenvalue weighted by Gasteiger charge is -2.02. The number of hydrogen-bond donors (Lipinski definition) is 0. The highest BCUT2D eigenvalue weighted by Crippen LogP contribution is 2.27. The Bertz CT molecular complexity index is 550. The molecule has 0 aliphatic carbocycles. The van der Waals surface area contributed by atoms with E-state index in [9.17, 15) is 0 Å². The third-order valence-corrected chi connectivity index (χ3v) is 3.22. The summed E-state index contributed by atoms with van der Waals surface area (Å²) in [5, 5.41) is 1.17. The normalized spacial score (nSPS) is 11.1. The highest BCUT2D eigenvalue weighted by molar-refractivity contribution is 6.36. The molecule has 2 aromatic rings. The van der Waals surface area contributed by atoms with Gasteiger partial charge in [-0.15, -0.1) is 0 Å². The molecule has 2 rings (SSSR count). The maximum absolute atomic E-state index is 6.06. The lowest BCUT2D eigenvalue weighted by atomic mass is 10.1. The Labute approximate surface area is 117 Å². The highest BCUT2D eigenvalue weighted by atomic mass is 35.5. The molecule has 0 bridgehead atoms. The molecule has 0 unspecified atom stereocenters. The topological polar surface area (TPSA) is 12.4 Å². The zero-order valence-electron chi connectivity index (χ0n) is 10.2. The van der Waals surface area contributed by atoms with Gasteiger partial charge in [0.15, 0.2) is 0 Å². The summed E-state index contributed by atoms with van der Waals surface area (Å²) in [6.45, 7) is 4.14. The minimum absolute atomic E-state index is 0.559. The molecule has 0 radical (unpaired) electrons. The summed E-state index contributed by atoms with van der Waals surface area (Å²) in [5.74, 6) is 0. The van der Waals surface area contributed by atoms with Gasteiger partial charge in [0.2, 0.25) is 0 Å². The van der Waals surface area contributed by atoms with Crippen LogP contribution >= 0.6 is 23.2 Å². The van der Waals surface area contributed by atoms with Crippen molar-refractivity contribution in [1.82, 2.24) is 0 Å². The van der Waals surface area contributed by atoms with E-state index >= 15 is 0 Å². The van der Waals surface area contributed by atoms with Crippen molar-refractivity contribution in [2.45, 2.75) is 13.8 Å². The molecule has 0 heterocycles. The molecule has 0 aliphatic heterocycles. The number of rotatable bonds is 2. The predicted octanol–water partition coefficient (Wildman–Crippen LogP) is 5.36. The first kappa shape index (κ1) is 13.1. The van der Waals surface area contributed by atoms with E-state index in [2.05, 4.69) is 37.0 Å². The quantitative estimate of drug-likeness (QED) is 0.655. The Morgan fingerprint density at radius 2 is 1.78 bits per heavy atom. The second kappa shape index (κ2) is 5.55. The van der Waals surface area contributed by atoms with Gasteiger partial charge in [0.25, 0.3) is 0 Å². The molecule has 92 valence electrons. The van der Waals surface area contributed by atoms with Gasteiger partial charge in [-0.25, -0.2) is 0 Å². The molecule has 0 aliphatic rings. The van der Waals surface area contributed by atoms with E-state index in [0.29, 0.717) is 10.0 Å². The first-order valence-corrected chi connectivity index (χ1v) is 6.38. The molecule has 2 aromatic carbocycles. The van der Waals surface area contributed by atoms with Gasteiger partial charge in [0, 0.05) is 11.2 Å². The number of nitrogens with zero attached hydrogens (tertiary/aromatic N) is 1. The first-order valence-electron chi connectivity index (χ1n) is 5.62. The fourth-order valence-electron chi connectivity index (χ4n) is 1.70. The fourth-order valence-corrected chi connectivity index (χ4v) is 2.15. The molecular formula is C15H13Cl2N. The average Bonchev–Trinajstić information content (AvgIpc) is 2.30. The van der Waals surface area contributed by atoms with Crippen molar-refractivity contribution in [2.75, 3.05) is 0 Å². The summed E-state index contributed by atoms with van der Waals surface area (Å²) in [5.41, 5.74) is 4.26. The van der Waals surface area contributed by atoms with Crippen LogP contribution in [-0.4, -0.2) is 6.21 Å². The van der Waals surface area contributed by atoms with Crippen LogP contribution in [0.5, 0.6) is 0 Å². The summed E-state index contributed by atoms with van der Waals surface area (Å²) >= 11 is 11.9. The largest absolute Gasteiger partial charge is 0.255 e. The number of aliphatic imine (C=N–C) groups is 1. The number of hydrogen-bond acceptors (Lipinski definition) is 1. The van der Waals surface area contributed by atoms with Crippen LogP contribution in [0.15, 0.2) is 41.4 Å². The zero-order valence-corrected chi connectivity index (χ0v) is 11.8. The van der Waals surface area contributed by atoms with Gasteiger partial charge in [0.05, 0.1) is 10.7 Å². The van der Waals surface area contributed by atoms with Crippen molar-refractivity contribution in [2.24, 2.45) is 4.99 Å². The summed E-state index contributed by atoms with van der Waals surface area (Å²) in [4.78, 5) is 4.39. The van der Waals surface area contributed by atoms with Crippen LogP contribution in [0.3, 0.4) is 0 Å². The first-order chi connectivity index (χ1) is 8.56. The zero-order chi connectivity index (χ0) is 13.1. The molecule has 0 N–H and O–H groups in total. The van der Waals surface area contributed by atoms with Crippen LogP contribution in [-0.2, 0) is 0 Å². The second-order valence-corrected chi connectivity index (χ2v) is 5.06. The minimum atomic E-state index is 0.559. The lowest BCUT2D eigenvalue weighted by molar-refractivity contribution is 1.37. The van der Waals surface area contributed by atoms with Crippen LogP contribution < -0.4 is 0 Å². The summed E-state index contributed by atoms with van der Waals surface area (Å²) in [7, 11) is 0. The van der Waals surface area contributed by atoms with E-state index in [4.69, 9.17) is 23.2 Å². The smallest absolute Gasteiger partial charge is 0.0817 e. The Kier molecular flexibility index (Phi) is 4.05. The molecule has 0 aromatic heterocycles. The summed E-state index contributed by atoms with van der Waals surface area (Å²) < 4.78 is 0. The van der Waals surface area contributed by atoms with E-state index < -0.39 is 0 Å². The Hall–Kier alpha value is -1.31. The van der Waals surface area contributed by atoms with Crippen LogP contribution in [0.4, 0.5) is 5.69 Å². The monoisotopic (exact) mass is 277 g/mol. The van der Waals surface area contributed by atoms with Crippen LogP contribution in [0.2, 0.25) is 10.0 Å². The number of aryl methyl sites for hydroxylation is 2. The third-order valence-electron chi connectivity index (χ3n) is 2.68. The van der Waals surface area contributed by atoms with Crippen LogP contribution in [0.25, 0.3) is 0 Å². The van der Waals surface area contributed by atoms with Gasteiger partial charge in [0.1, 0.15) is 0 Å². The van der Waals surface area contributed by atoms with E-state index in [1.807, 2.05) is 12.3 Å². The molecule has 0 fully saturated rings. The molecule has 3 heteroatoms. The maximum Gasteiger partial charge on any atom is 0.0817 e. The van der Waals surface area contributed by atoms with E-state index in [1.54, 1.807) is 12.1 Å². The van der Waals surface area contributed by atoms with Crippen molar-refractivity contribution < 1.29 is 0 Å². The Morgan fingerprint density at radius 1 is 1.00 bits per heavy atom. The third kappa shape index (κ3) is 3.12. The van der Waals surface area contributed by atoms with Crippen LogP contribution in [0, 0.1) is 13.8 Å². The van der Waals surface area contributed by atoms with Gasteiger partial charge < -0.3 is 0 Å². The molecular weight excluding hydrogens is 265 g/mol. The van der Waals surface area contributed by atoms with Crippen molar-refractivity contribution in [1.29, 1.82) is 0 Å². The van der Waals surface area contributed by atoms with E-state index in [-0.39, 0.29) is 0 Å².